The van der Waals surface area contributed by atoms with Crippen LogP contribution < -0.4 is 5.32 Å². The minimum absolute atomic E-state index is 0.0793. The van der Waals surface area contributed by atoms with Gasteiger partial charge in [0.2, 0.25) is 0 Å². The number of nitrogens with one attached hydrogen (secondary N) is 1. The van der Waals surface area contributed by atoms with E-state index in [0.29, 0.717) is 0 Å². The molecule has 1 saturated carbocycles. The summed E-state index contributed by atoms with van der Waals surface area (Å²) in [6, 6.07) is 6.98. The highest BCUT2D eigenvalue weighted by atomic mass is 19.1. The lowest BCUT2D eigenvalue weighted by Gasteiger charge is -2.37. The minimum Gasteiger partial charge on any atom is -0.376 e. The van der Waals surface area contributed by atoms with E-state index in [1.807, 2.05) is 6.07 Å². The summed E-state index contributed by atoms with van der Waals surface area (Å²) < 4.78 is 19.4. The van der Waals surface area contributed by atoms with E-state index < -0.39 is 0 Å². The molecule has 0 radical (unpaired) electrons. The molecular formula is C16H24FNO. The van der Waals surface area contributed by atoms with E-state index in [0.717, 1.165) is 31.4 Å². The molecule has 0 amide bonds. The Balaban J connectivity index is 2.29. The van der Waals surface area contributed by atoms with Crippen molar-refractivity contribution in [3.05, 3.63) is 35.6 Å². The molecule has 1 atom stereocenters. The molecule has 2 nitrogen and oxygen atoms in total. The van der Waals surface area contributed by atoms with Gasteiger partial charge < -0.3 is 10.1 Å². The molecule has 0 spiro atoms. The van der Waals surface area contributed by atoms with Crippen LogP contribution in [0.2, 0.25) is 0 Å². The van der Waals surface area contributed by atoms with Gasteiger partial charge in [0.1, 0.15) is 5.82 Å². The van der Waals surface area contributed by atoms with Crippen LogP contribution in [0.15, 0.2) is 24.3 Å². The van der Waals surface area contributed by atoms with Crippen LogP contribution in [0, 0.1) is 5.82 Å². The van der Waals surface area contributed by atoms with Crippen LogP contribution in [0.4, 0.5) is 4.39 Å². The number of benzene rings is 1. The zero-order chi connectivity index (χ0) is 13.7. The third-order valence-electron chi connectivity index (χ3n) is 4.16. The van der Waals surface area contributed by atoms with E-state index >= 15 is 0 Å². The van der Waals surface area contributed by atoms with Crippen LogP contribution in [-0.4, -0.2) is 19.3 Å². The van der Waals surface area contributed by atoms with Crippen LogP contribution in [0.3, 0.4) is 0 Å². The molecule has 0 aliphatic heterocycles. The summed E-state index contributed by atoms with van der Waals surface area (Å²) in [6.45, 7) is 3.07. The van der Waals surface area contributed by atoms with Gasteiger partial charge in [0.05, 0.1) is 11.6 Å². The molecule has 1 aliphatic carbocycles. The second kappa shape index (κ2) is 6.49. The summed E-state index contributed by atoms with van der Waals surface area (Å²) in [5.41, 5.74) is 0.820. The van der Waals surface area contributed by atoms with Crippen LogP contribution in [0.5, 0.6) is 0 Å². The van der Waals surface area contributed by atoms with Crippen molar-refractivity contribution in [2.45, 2.75) is 50.7 Å². The maximum Gasteiger partial charge on any atom is 0.123 e. The number of hydrogen-bond acceptors (Lipinski definition) is 2. The fraction of sp³-hybridized carbons (Fsp3) is 0.625. The molecule has 19 heavy (non-hydrogen) atoms. The molecule has 1 aliphatic rings. The van der Waals surface area contributed by atoms with E-state index in [1.165, 1.54) is 18.9 Å². The SMILES string of the molecule is CCCNC(c1cccc(F)c1)C1(OC)CCCC1. The highest BCUT2D eigenvalue weighted by molar-refractivity contribution is 5.24. The standard InChI is InChI=1S/C16H24FNO/c1-3-11-18-15(13-7-6-8-14(17)12-13)16(19-2)9-4-5-10-16/h6-8,12,15,18H,3-5,9-11H2,1-2H3. The number of halogens is 1. The molecule has 3 heteroatoms. The highest BCUT2D eigenvalue weighted by Gasteiger charge is 2.42. The van der Waals surface area contributed by atoms with Gasteiger partial charge in [-0.2, -0.15) is 0 Å². The van der Waals surface area contributed by atoms with Gasteiger partial charge in [-0.05, 0) is 43.5 Å². The topological polar surface area (TPSA) is 21.3 Å². The summed E-state index contributed by atoms with van der Waals surface area (Å²) in [4.78, 5) is 0. The van der Waals surface area contributed by atoms with Crippen molar-refractivity contribution < 1.29 is 9.13 Å². The second-order valence-corrected chi connectivity index (χ2v) is 5.42. The first-order chi connectivity index (χ1) is 9.22. The maximum absolute atomic E-state index is 13.5. The lowest BCUT2D eigenvalue weighted by molar-refractivity contribution is -0.0368. The van der Waals surface area contributed by atoms with Crippen LogP contribution in [-0.2, 0) is 4.74 Å². The monoisotopic (exact) mass is 265 g/mol. The van der Waals surface area contributed by atoms with Gasteiger partial charge in [-0.15, -0.1) is 0 Å². The number of rotatable bonds is 6. The fourth-order valence-electron chi connectivity index (χ4n) is 3.17. The third kappa shape index (κ3) is 3.15. The van der Waals surface area contributed by atoms with Gasteiger partial charge in [0, 0.05) is 7.11 Å². The average molecular weight is 265 g/mol. The fourth-order valence-corrected chi connectivity index (χ4v) is 3.17. The van der Waals surface area contributed by atoms with Crippen LogP contribution in [0.1, 0.15) is 50.6 Å². The zero-order valence-corrected chi connectivity index (χ0v) is 11.9. The molecule has 2 rings (SSSR count). The molecule has 1 aromatic rings. The molecule has 0 bridgehead atoms. The molecule has 1 unspecified atom stereocenters. The van der Waals surface area contributed by atoms with Gasteiger partial charge in [-0.1, -0.05) is 31.9 Å². The highest BCUT2D eigenvalue weighted by Crippen LogP contribution is 2.42. The van der Waals surface area contributed by atoms with Crippen molar-refractivity contribution in [3.8, 4) is 0 Å². The Morgan fingerprint density at radius 2 is 2.11 bits per heavy atom. The molecule has 0 aromatic heterocycles. The number of methoxy groups -OCH3 is 1. The Hall–Kier alpha value is -0.930. The van der Waals surface area contributed by atoms with Gasteiger partial charge in [-0.25, -0.2) is 4.39 Å². The second-order valence-electron chi connectivity index (χ2n) is 5.42. The smallest absolute Gasteiger partial charge is 0.123 e. The van der Waals surface area contributed by atoms with Crippen molar-refractivity contribution >= 4 is 0 Å². The molecule has 0 heterocycles. The van der Waals surface area contributed by atoms with Crippen molar-refractivity contribution in [1.29, 1.82) is 0 Å². The van der Waals surface area contributed by atoms with Gasteiger partial charge in [0.25, 0.3) is 0 Å². The van der Waals surface area contributed by atoms with E-state index in [-0.39, 0.29) is 17.5 Å². The Labute approximate surface area is 115 Å². The first-order valence-corrected chi connectivity index (χ1v) is 7.26. The van der Waals surface area contributed by atoms with Crippen LogP contribution >= 0.6 is 0 Å². The van der Waals surface area contributed by atoms with Crippen molar-refractivity contribution in [1.82, 2.24) is 5.32 Å². The normalized spacial score (nSPS) is 19.5. The molecule has 106 valence electrons. The Bertz CT molecular complexity index is 401. The predicted molar refractivity (Wildman–Crippen MR) is 75.6 cm³/mol. The quantitative estimate of drug-likeness (QED) is 0.844. The first-order valence-electron chi connectivity index (χ1n) is 7.26. The minimum atomic E-state index is -0.178. The molecule has 1 N–H and O–H groups in total. The molecule has 1 fully saturated rings. The largest absolute Gasteiger partial charge is 0.376 e. The third-order valence-corrected chi connectivity index (χ3v) is 4.16. The van der Waals surface area contributed by atoms with Crippen molar-refractivity contribution in [2.75, 3.05) is 13.7 Å². The molecule has 0 saturated heterocycles. The Kier molecular flexibility index (Phi) is 4.94. The van der Waals surface area contributed by atoms with E-state index in [1.54, 1.807) is 19.2 Å². The van der Waals surface area contributed by atoms with E-state index in [9.17, 15) is 4.39 Å². The maximum atomic E-state index is 13.5. The summed E-state index contributed by atoms with van der Waals surface area (Å²) in [5.74, 6) is -0.176. The predicted octanol–water partition coefficient (Wildman–Crippen LogP) is 3.83. The Morgan fingerprint density at radius 3 is 2.68 bits per heavy atom. The van der Waals surface area contributed by atoms with Crippen LogP contribution in [0.25, 0.3) is 0 Å². The summed E-state index contributed by atoms with van der Waals surface area (Å²) in [5, 5.41) is 3.55. The van der Waals surface area contributed by atoms with Gasteiger partial charge in [0.15, 0.2) is 0 Å². The Morgan fingerprint density at radius 1 is 1.37 bits per heavy atom. The van der Waals surface area contributed by atoms with Gasteiger partial charge in [-0.3, -0.25) is 0 Å². The van der Waals surface area contributed by atoms with Crippen molar-refractivity contribution in [3.63, 3.8) is 0 Å². The molecular weight excluding hydrogens is 241 g/mol. The number of hydrogen-bond donors (Lipinski definition) is 1. The van der Waals surface area contributed by atoms with Gasteiger partial charge >= 0.3 is 0 Å². The van der Waals surface area contributed by atoms with Crippen molar-refractivity contribution in [2.24, 2.45) is 0 Å². The summed E-state index contributed by atoms with van der Waals surface area (Å²) in [6.07, 6.45) is 5.52. The molecule has 1 aromatic carbocycles. The first kappa shape index (κ1) is 14.5. The lowest BCUT2D eigenvalue weighted by Crippen LogP contribution is -2.43. The zero-order valence-electron chi connectivity index (χ0n) is 11.9. The van der Waals surface area contributed by atoms with E-state index in [2.05, 4.69) is 12.2 Å². The number of ether oxygens (including phenoxy) is 1. The lowest BCUT2D eigenvalue weighted by atomic mass is 9.86. The summed E-state index contributed by atoms with van der Waals surface area (Å²) in [7, 11) is 1.78. The average Bonchev–Trinajstić information content (AvgIpc) is 2.89. The summed E-state index contributed by atoms with van der Waals surface area (Å²) >= 11 is 0. The van der Waals surface area contributed by atoms with E-state index in [4.69, 9.17) is 4.74 Å².